The molecule has 0 bridgehead atoms. The third-order valence-corrected chi connectivity index (χ3v) is 2.51. The second-order valence-corrected chi connectivity index (χ2v) is 3.63. The smallest absolute Gasteiger partial charge is 0.377 e. The first-order chi connectivity index (χ1) is 7.06. The summed E-state index contributed by atoms with van der Waals surface area (Å²) < 4.78 is 4.87. The molecule has 5 nitrogen and oxygen atoms in total. The highest BCUT2D eigenvalue weighted by molar-refractivity contribution is 6.46. The molecule has 0 unspecified atom stereocenters. The quantitative estimate of drug-likeness (QED) is 0.514. The van der Waals surface area contributed by atoms with E-state index in [1.165, 1.54) is 0 Å². The Morgan fingerprint density at radius 1 is 1.73 bits per heavy atom. The molecular formula is C9H16BNO4. The topological polar surface area (TPSA) is 66.8 Å². The monoisotopic (exact) mass is 213 g/mol. The van der Waals surface area contributed by atoms with Gasteiger partial charge in [0.05, 0.1) is 6.61 Å². The van der Waals surface area contributed by atoms with Gasteiger partial charge in [0.1, 0.15) is 11.8 Å². The van der Waals surface area contributed by atoms with Gasteiger partial charge in [0.2, 0.25) is 0 Å². The minimum absolute atomic E-state index is 0.0463. The van der Waals surface area contributed by atoms with Crippen LogP contribution in [0.4, 0.5) is 0 Å². The van der Waals surface area contributed by atoms with Crippen LogP contribution in [0.25, 0.3) is 0 Å². The van der Waals surface area contributed by atoms with Crippen molar-refractivity contribution in [3.8, 4) is 0 Å². The van der Waals surface area contributed by atoms with Gasteiger partial charge in [-0.15, -0.1) is 0 Å². The van der Waals surface area contributed by atoms with Crippen molar-refractivity contribution in [3.63, 3.8) is 0 Å². The van der Waals surface area contributed by atoms with Crippen molar-refractivity contribution < 1.29 is 19.3 Å². The van der Waals surface area contributed by atoms with Crippen LogP contribution in [0, 0.1) is 0 Å². The Labute approximate surface area is 89.5 Å². The summed E-state index contributed by atoms with van der Waals surface area (Å²) >= 11 is 0. The average Bonchev–Trinajstić information content (AvgIpc) is 2.17. The van der Waals surface area contributed by atoms with E-state index in [9.17, 15) is 14.6 Å². The van der Waals surface area contributed by atoms with Crippen LogP contribution in [-0.2, 0) is 14.3 Å². The fourth-order valence-electron chi connectivity index (χ4n) is 1.75. The van der Waals surface area contributed by atoms with Gasteiger partial charge in [0.25, 0.3) is 0 Å². The number of carbonyl (C=O) groups is 2. The van der Waals surface area contributed by atoms with E-state index in [-0.39, 0.29) is 18.8 Å². The van der Waals surface area contributed by atoms with Gasteiger partial charge in [0.15, 0.2) is 0 Å². The lowest BCUT2D eigenvalue weighted by Crippen LogP contribution is -2.54. The molecule has 1 rings (SSSR count). The number of ketones is 1. The number of ether oxygens (including phenoxy) is 1. The predicted octanol–water partition coefficient (Wildman–Crippen LogP) is -0.307. The molecule has 0 aromatic carbocycles. The first kappa shape index (κ1) is 12.2. The van der Waals surface area contributed by atoms with Crippen molar-refractivity contribution in [2.45, 2.75) is 32.6 Å². The van der Waals surface area contributed by atoms with Crippen molar-refractivity contribution in [2.75, 3.05) is 13.2 Å². The summed E-state index contributed by atoms with van der Waals surface area (Å²) in [6.07, 6.45) is 0.532. The first-order valence-corrected chi connectivity index (χ1v) is 5.18. The van der Waals surface area contributed by atoms with Gasteiger partial charge in [-0.25, -0.2) is 0 Å². The zero-order valence-corrected chi connectivity index (χ0v) is 9.10. The van der Waals surface area contributed by atoms with Crippen molar-refractivity contribution in [1.82, 2.24) is 4.81 Å². The average molecular weight is 213 g/mol. The lowest BCUT2D eigenvalue weighted by molar-refractivity contribution is -0.151. The zero-order valence-electron chi connectivity index (χ0n) is 9.10. The van der Waals surface area contributed by atoms with Crippen LogP contribution < -0.4 is 0 Å². The van der Waals surface area contributed by atoms with Crippen molar-refractivity contribution in [1.29, 1.82) is 0 Å². The molecule has 0 saturated carbocycles. The number of nitrogens with zero attached hydrogens (tertiary/aromatic N) is 1. The van der Waals surface area contributed by atoms with E-state index in [0.717, 1.165) is 0 Å². The van der Waals surface area contributed by atoms with E-state index in [1.54, 1.807) is 18.6 Å². The zero-order chi connectivity index (χ0) is 11.4. The molecular weight excluding hydrogens is 197 g/mol. The summed E-state index contributed by atoms with van der Waals surface area (Å²) in [6, 6.07) is -0.619. The number of Topliss-reactive ketones (excluding diaryl/α,β-unsaturated/α-hetero) is 1. The number of esters is 1. The van der Waals surface area contributed by atoms with Crippen molar-refractivity contribution in [3.05, 3.63) is 0 Å². The SMILES string of the molecule is CCOC(=O)[C@H]1CC(=O)CCN1B(C)O. The standard InChI is InChI=1S/C9H16BNO4/c1-3-15-9(13)8-6-7(12)4-5-11(8)10(2)14/h8,14H,3-6H2,1-2H3/t8-/m1/s1. The first-order valence-electron chi connectivity index (χ1n) is 5.18. The van der Waals surface area contributed by atoms with E-state index in [1.807, 2.05) is 0 Å². The number of rotatable bonds is 3. The maximum Gasteiger partial charge on any atom is 0.377 e. The summed E-state index contributed by atoms with van der Waals surface area (Å²) in [6.45, 7) is 4.01. The lowest BCUT2D eigenvalue weighted by atomic mass is 9.79. The Balaban J connectivity index is 2.69. The molecule has 1 atom stereocenters. The number of carbonyl (C=O) groups excluding carboxylic acids is 2. The van der Waals surface area contributed by atoms with Gasteiger partial charge in [-0.1, -0.05) is 0 Å². The fraction of sp³-hybridized carbons (Fsp3) is 0.778. The highest BCUT2D eigenvalue weighted by atomic mass is 16.5. The summed E-state index contributed by atoms with van der Waals surface area (Å²) in [4.78, 5) is 24.4. The summed E-state index contributed by atoms with van der Waals surface area (Å²) in [7, 11) is -0.729. The van der Waals surface area contributed by atoms with Crippen LogP contribution in [0.15, 0.2) is 0 Å². The molecule has 1 N–H and O–H groups in total. The van der Waals surface area contributed by atoms with Crippen LogP contribution in [0.1, 0.15) is 19.8 Å². The highest BCUT2D eigenvalue weighted by Gasteiger charge is 2.36. The highest BCUT2D eigenvalue weighted by Crippen LogP contribution is 2.16. The molecule has 1 saturated heterocycles. The second-order valence-electron chi connectivity index (χ2n) is 3.63. The van der Waals surface area contributed by atoms with E-state index in [2.05, 4.69) is 0 Å². The Kier molecular flexibility index (Phi) is 4.29. The third-order valence-electron chi connectivity index (χ3n) is 2.51. The van der Waals surface area contributed by atoms with Crippen LogP contribution in [0.5, 0.6) is 0 Å². The number of hydrogen-bond donors (Lipinski definition) is 1. The van der Waals surface area contributed by atoms with E-state index < -0.39 is 19.1 Å². The second kappa shape index (κ2) is 5.28. The molecule has 0 aromatic heterocycles. The molecule has 1 heterocycles. The van der Waals surface area contributed by atoms with Gasteiger partial charge < -0.3 is 14.6 Å². The lowest BCUT2D eigenvalue weighted by Gasteiger charge is -2.33. The maximum atomic E-state index is 11.5. The molecule has 0 spiro atoms. The molecule has 1 fully saturated rings. The predicted molar refractivity (Wildman–Crippen MR) is 55.2 cm³/mol. The minimum atomic E-state index is -0.729. The van der Waals surface area contributed by atoms with Crippen molar-refractivity contribution >= 4 is 18.8 Å². The van der Waals surface area contributed by atoms with Gasteiger partial charge >= 0.3 is 13.0 Å². The molecule has 84 valence electrons. The molecule has 6 heteroatoms. The normalized spacial score (nSPS) is 22.6. The Bertz CT molecular complexity index is 256. The molecule has 0 amide bonds. The Morgan fingerprint density at radius 2 is 2.40 bits per heavy atom. The van der Waals surface area contributed by atoms with Crippen LogP contribution in [0.3, 0.4) is 0 Å². The van der Waals surface area contributed by atoms with Crippen molar-refractivity contribution in [2.24, 2.45) is 0 Å². The van der Waals surface area contributed by atoms with E-state index in [4.69, 9.17) is 4.74 Å². The Hall–Kier alpha value is -0.875. The van der Waals surface area contributed by atoms with Gasteiger partial charge in [-0.2, -0.15) is 0 Å². The number of hydrogen-bond acceptors (Lipinski definition) is 5. The Morgan fingerprint density at radius 3 is 2.93 bits per heavy atom. The molecule has 0 radical (unpaired) electrons. The maximum absolute atomic E-state index is 11.5. The van der Waals surface area contributed by atoms with Crippen LogP contribution in [0.2, 0.25) is 6.82 Å². The summed E-state index contributed by atoms with van der Waals surface area (Å²) in [5.74, 6) is -0.378. The van der Waals surface area contributed by atoms with E-state index >= 15 is 0 Å². The molecule has 1 aliphatic rings. The molecule has 0 aliphatic carbocycles. The largest absolute Gasteiger partial charge is 0.465 e. The van der Waals surface area contributed by atoms with Gasteiger partial charge in [-0.3, -0.25) is 9.59 Å². The minimum Gasteiger partial charge on any atom is -0.465 e. The fourth-order valence-corrected chi connectivity index (χ4v) is 1.75. The van der Waals surface area contributed by atoms with Crippen LogP contribution in [-0.4, -0.2) is 47.8 Å². The summed E-state index contributed by atoms with van der Waals surface area (Å²) in [5, 5.41) is 9.46. The number of piperidine rings is 1. The third kappa shape index (κ3) is 3.04. The van der Waals surface area contributed by atoms with E-state index in [0.29, 0.717) is 13.0 Å². The van der Waals surface area contributed by atoms with Gasteiger partial charge in [-0.05, 0) is 20.3 Å². The summed E-state index contributed by atoms with van der Waals surface area (Å²) in [5.41, 5.74) is 0. The molecule has 15 heavy (non-hydrogen) atoms. The molecule has 0 aromatic rings. The van der Waals surface area contributed by atoms with Gasteiger partial charge in [0, 0.05) is 12.8 Å². The van der Waals surface area contributed by atoms with Crippen LogP contribution >= 0.6 is 0 Å². The molecule has 1 aliphatic heterocycles.